The van der Waals surface area contributed by atoms with E-state index >= 15 is 0 Å². The van der Waals surface area contributed by atoms with Crippen molar-refractivity contribution in [3.05, 3.63) is 39.6 Å². The van der Waals surface area contributed by atoms with Gasteiger partial charge < -0.3 is 9.47 Å². The quantitative estimate of drug-likeness (QED) is 0.855. The van der Waals surface area contributed by atoms with E-state index in [0.717, 1.165) is 62.6 Å². The number of amides is 1. The lowest BCUT2D eigenvalue weighted by Crippen LogP contribution is -2.35. The summed E-state index contributed by atoms with van der Waals surface area (Å²) in [5.41, 5.74) is 6.13. The molecule has 5 nitrogen and oxygen atoms in total. The average Bonchev–Trinajstić information content (AvgIpc) is 3.09. The summed E-state index contributed by atoms with van der Waals surface area (Å²) in [4.78, 5) is 21.7. The Bertz CT molecular complexity index is 692. The fourth-order valence-electron chi connectivity index (χ4n) is 3.55. The van der Waals surface area contributed by atoms with Gasteiger partial charge in [0.25, 0.3) is 5.91 Å². The highest BCUT2D eigenvalue weighted by Gasteiger charge is 2.23. The zero-order valence-electron chi connectivity index (χ0n) is 14.8. The van der Waals surface area contributed by atoms with E-state index in [1.165, 1.54) is 5.69 Å². The molecule has 1 saturated heterocycles. The van der Waals surface area contributed by atoms with Gasteiger partial charge in [0.05, 0.1) is 16.8 Å². The van der Waals surface area contributed by atoms with Crippen molar-refractivity contribution in [3.63, 3.8) is 0 Å². The number of rotatable bonds is 4. The van der Waals surface area contributed by atoms with Gasteiger partial charge in [-0.15, -0.1) is 11.3 Å². The number of thiazole rings is 1. The Kier molecular flexibility index (Phi) is 5.36. The molecule has 1 fully saturated rings. The molecule has 2 aromatic heterocycles. The van der Waals surface area contributed by atoms with Crippen LogP contribution in [-0.4, -0.2) is 51.4 Å². The van der Waals surface area contributed by atoms with Gasteiger partial charge in [0.1, 0.15) is 0 Å². The van der Waals surface area contributed by atoms with Crippen molar-refractivity contribution in [2.75, 3.05) is 26.2 Å². The first-order valence-electron chi connectivity index (χ1n) is 8.65. The minimum absolute atomic E-state index is 0.179. The van der Waals surface area contributed by atoms with E-state index in [9.17, 15) is 4.79 Å². The van der Waals surface area contributed by atoms with Gasteiger partial charge in [-0.25, -0.2) is 4.98 Å². The third-order valence-electron chi connectivity index (χ3n) is 4.87. The van der Waals surface area contributed by atoms with Crippen molar-refractivity contribution >= 4 is 17.2 Å². The maximum Gasteiger partial charge on any atom is 0.255 e. The fourth-order valence-corrected chi connectivity index (χ4v) is 4.10. The van der Waals surface area contributed by atoms with E-state index in [0.29, 0.717) is 0 Å². The van der Waals surface area contributed by atoms with Crippen LogP contribution in [0, 0.1) is 13.8 Å². The maximum atomic E-state index is 13.0. The molecule has 0 spiro atoms. The van der Waals surface area contributed by atoms with Gasteiger partial charge in [-0.3, -0.25) is 9.69 Å². The first-order chi connectivity index (χ1) is 11.6. The van der Waals surface area contributed by atoms with Gasteiger partial charge >= 0.3 is 0 Å². The normalized spacial score (nSPS) is 16.4. The van der Waals surface area contributed by atoms with Crippen LogP contribution in [0.1, 0.15) is 40.8 Å². The Morgan fingerprint density at radius 1 is 1.25 bits per heavy atom. The molecule has 1 amide bonds. The van der Waals surface area contributed by atoms with Crippen LogP contribution in [-0.2, 0) is 13.1 Å². The smallest absolute Gasteiger partial charge is 0.255 e. The van der Waals surface area contributed by atoms with Crippen LogP contribution in [0.15, 0.2) is 17.0 Å². The zero-order valence-corrected chi connectivity index (χ0v) is 15.6. The van der Waals surface area contributed by atoms with E-state index in [-0.39, 0.29) is 5.91 Å². The first kappa shape index (κ1) is 17.2. The van der Waals surface area contributed by atoms with Gasteiger partial charge in [0.15, 0.2) is 0 Å². The predicted molar refractivity (Wildman–Crippen MR) is 97.5 cm³/mol. The lowest BCUT2D eigenvalue weighted by Gasteiger charge is -2.21. The van der Waals surface area contributed by atoms with Crippen molar-refractivity contribution in [2.45, 2.75) is 40.3 Å². The molecule has 0 radical (unpaired) electrons. The summed E-state index contributed by atoms with van der Waals surface area (Å²) in [6.45, 7) is 11.6. The van der Waals surface area contributed by atoms with Crippen LogP contribution in [0.5, 0.6) is 0 Å². The molecule has 0 saturated carbocycles. The Hall–Kier alpha value is -1.66. The molecule has 2 aromatic rings. The summed E-state index contributed by atoms with van der Waals surface area (Å²) in [5.74, 6) is 0.179. The first-order valence-corrected chi connectivity index (χ1v) is 9.60. The van der Waals surface area contributed by atoms with E-state index < -0.39 is 0 Å². The summed E-state index contributed by atoms with van der Waals surface area (Å²) >= 11 is 1.64. The lowest BCUT2D eigenvalue weighted by atomic mass is 10.2. The largest absolute Gasteiger partial charge is 0.349 e. The molecule has 0 aromatic carbocycles. The van der Waals surface area contributed by atoms with Crippen molar-refractivity contribution in [1.29, 1.82) is 0 Å². The molecule has 0 N–H and O–H groups in total. The number of carbonyl (C=O) groups excluding carboxylic acids is 1. The van der Waals surface area contributed by atoms with Gasteiger partial charge in [0, 0.05) is 56.0 Å². The van der Waals surface area contributed by atoms with Crippen LogP contribution in [0.2, 0.25) is 0 Å². The summed E-state index contributed by atoms with van der Waals surface area (Å²) in [6.07, 6.45) is 1.02. The molecule has 130 valence electrons. The van der Waals surface area contributed by atoms with Crippen LogP contribution in [0.25, 0.3) is 0 Å². The summed E-state index contributed by atoms with van der Waals surface area (Å²) in [5, 5.41) is 2.10. The SMILES string of the molecule is CCn1c(C)cc(C(=O)N2CCCN(Cc3cscn3)CC2)c1C. The molecular formula is C18H26N4OS. The number of aryl methyl sites for hydroxylation is 1. The van der Waals surface area contributed by atoms with Crippen LogP contribution in [0.4, 0.5) is 0 Å². The van der Waals surface area contributed by atoms with Crippen molar-refractivity contribution in [1.82, 2.24) is 19.4 Å². The predicted octanol–water partition coefficient (Wildman–Crippen LogP) is 2.93. The molecule has 0 unspecified atom stereocenters. The number of hydrogen-bond donors (Lipinski definition) is 0. The molecule has 0 aliphatic carbocycles. The second kappa shape index (κ2) is 7.49. The van der Waals surface area contributed by atoms with Gasteiger partial charge in [-0.1, -0.05) is 0 Å². The van der Waals surface area contributed by atoms with Gasteiger partial charge in [-0.05, 0) is 33.3 Å². The minimum atomic E-state index is 0.179. The molecule has 3 rings (SSSR count). The topological polar surface area (TPSA) is 41.4 Å². The Balaban J connectivity index is 1.66. The second-order valence-electron chi connectivity index (χ2n) is 6.43. The van der Waals surface area contributed by atoms with Gasteiger partial charge in [0.2, 0.25) is 0 Å². The number of hydrogen-bond acceptors (Lipinski definition) is 4. The molecule has 3 heterocycles. The third-order valence-corrected chi connectivity index (χ3v) is 5.50. The van der Waals surface area contributed by atoms with Gasteiger partial charge in [-0.2, -0.15) is 0 Å². The fraction of sp³-hybridized carbons (Fsp3) is 0.556. The molecule has 6 heteroatoms. The molecule has 1 aliphatic rings. The highest BCUT2D eigenvalue weighted by Crippen LogP contribution is 2.18. The van der Waals surface area contributed by atoms with E-state index in [4.69, 9.17) is 0 Å². The minimum Gasteiger partial charge on any atom is -0.349 e. The monoisotopic (exact) mass is 346 g/mol. The third kappa shape index (κ3) is 3.54. The maximum absolute atomic E-state index is 13.0. The number of aromatic nitrogens is 2. The molecule has 0 bridgehead atoms. The second-order valence-corrected chi connectivity index (χ2v) is 7.15. The molecule has 24 heavy (non-hydrogen) atoms. The summed E-state index contributed by atoms with van der Waals surface area (Å²) < 4.78 is 2.21. The van der Waals surface area contributed by atoms with Crippen LogP contribution in [0.3, 0.4) is 0 Å². The van der Waals surface area contributed by atoms with Crippen molar-refractivity contribution < 1.29 is 4.79 Å². The number of nitrogens with zero attached hydrogens (tertiary/aromatic N) is 4. The van der Waals surface area contributed by atoms with Crippen LogP contribution < -0.4 is 0 Å². The summed E-state index contributed by atoms with van der Waals surface area (Å²) in [7, 11) is 0. The highest BCUT2D eigenvalue weighted by atomic mass is 32.1. The molecule has 0 atom stereocenters. The lowest BCUT2D eigenvalue weighted by molar-refractivity contribution is 0.0760. The standard InChI is InChI=1S/C18H26N4OS/c1-4-22-14(2)10-17(15(22)3)18(23)21-7-5-6-20(8-9-21)11-16-12-24-13-19-16/h10,12-13H,4-9,11H2,1-3H3. The van der Waals surface area contributed by atoms with Crippen molar-refractivity contribution in [3.8, 4) is 0 Å². The molecule has 1 aliphatic heterocycles. The highest BCUT2D eigenvalue weighted by molar-refractivity contribution is 7.07. The van der Waals surface area contributed by atoms with E-state index in [2.05, 4.69) is 40.6 Å². The zero-order chi connectivity index (χ0) is 17.1. The number of carbonyl (C=O) groups is 1. The van der Waals surface area contributed by atoms with E-state index in [1.807, 2.05) is 16.5 Å². The Morgan fingerprint density at radius 2 is 2.08 bits per heavy atom. The van der Waals surface area contributed by atoms with E-state index in [1.54, 1.807) is 11.3 Å². The van der Waals surface area contributed by atoms with Crippen LogP contribution >= 0.6 is 11.3 Å². The molecular weight excluding hydrogens is 320 g/mol. The Morgan fingerprint density at radius 3 is 2.75 bits per heavy atom. The Labute approximate surface area is 147 Å². The average molecular weight is 347 g/mol. The van der Waals surface area contributed by atoms with Crippen molar-refractivity contribution in [2.24, 2.45) is 0 Å². The summed E-state index contributed by atoms with van der Waals surface area (Å²) in [6, 6.07) is 2.04.